The van der Waals surface area contributed by atoms with E-state index in [0.717, 1.165) is 32.1 Å². The predicted octanol–water partition coefficient (Wildman–Crippen LogP) is 3.06. The van der Waals surface area contributed by atoms with Gasteiger partial charge in [-0.1, -0.05) is 50.5 Å². The summed E-state index contributed by atoms with van der Waals surface area (Å²) in [6.07, 6.45) is 7.36. The van der Waals surface area contributed by atoms with Crippen molar-refractivity contribution in [2.45, 2.75) is 57.5 Å². The Morgan fingerprint density at radius 3 is 2.45 bits per heavy atom. The van der Waals surface area contributed by atoms with Crippen LogP contribution in [0.5, 0.6) is 0 Å². The molecule has 110 valence electrons. The first-order valence-corrected chi connectivity index (χ1v) is 8.12. The molecule has 2 unspecified atom stereocenters. The molecule has 0 radical (unpaired) electrons. The van der Waals surface area contributed by atoms with Gasteiger partial charge in [0.05, 0.1) is 5.60 Å². The van der Waals surface area contributed by atoms with Crippen LogP contribution in [0.15, 0.2) is 24.3 Å². The summed E-state index contributed by atoms with van der Waals surface area (Å²) in [7, 11) is 0. The van der Waals surface area contributed by atoms with Crippen molar-refractivity contribution in [1.82, 2.24) is 0 Å². The first kappa shape index (κ1) is 14.1. The fraction of sp³-hybridized carbons (Fsp3) is 0.667. The smallest absolute Gasteiger partial charge is 0.0724 e. The minimum absolute atomic E-state index is 0.134. The molecule has 3 N–H and O–H groups in total. The number of hydrogen-bond acceptors (Lipinski definition) is 2. The van der Waals surface area contributed by atoms with Gasteiger partial charge in [-0.15, -0.1) is 0 Å². The van der Waals surface area contributed by atoms with Crippen molar-refractivity contribution < 1.29 is 5.11 Å². The molecule has 2 heteroatoms. The van der Waals surface area contributed by atoms with Crippen molar-refractivity contribution in [3.05, 3.63) is 35.4 Å². The van der Waals surface area contributed by atoms with Gasteiger partial charge in [0.1, 0.15) is 0 Å². The molecule has 0 saturated heterocycles. The number of nitrogens with two attached hydrogens (primary N) is 1. The Kier molecular flexibility index (Phi) is 3.64. The normalized spacial score (nSPS) is 32.0. The van der Waals surface area contributed by atoms with Gasteiger partial charge in [0, 0.05) is 12.0 Å². The molecule has 2 nitrogen and oxygen atoms in total. The minimum atomic E-state index is -0.570. The third kappa shape index (κ3) is 2.10. The van der Waals surface area contributed by atoms with Crippen molar-refractivity contribution in [2.24, 2.45) is 17.1 Å². The van der Waals surface area contributed by atoms with Crippen LogP contribution in [0.2, 0.25) is 0 Å². The van der Waals surface area contributed by atoms with E-state index < -0.39 is 5.60 Å². The molecule has 2 aliphatic carbocycles. The number of benzene rings is 1. The summed E-state index contributed by atoms with van der Waals surface area (Å²) in [4.78, 5) is 0. The van der Waals surface area contributed by atoms with E-state index in [-0.39, 0.29) is 5.41 Å². The van der Waals surface area contributed by atoms with E-state index in [1.807, 2.05) is 0 Å². The van der Waals surface area contributed by atoms with E-state index in [9.17, 15) is 5.11 Å². The maximum Gasteiger partial charge on any atom is 0.0724 e. The fourth-order valence-electron chi connectivity index (χ4n) is 4.55. The zero-order valence-corrected chi connectivity index (χ0v) is 12.6. The molecule has 0 heterocycles. The van der Waals surface area contributed by atoms with Crippen molar-refractivity contribution in [2.75, 3.05) is 6.54 Å². The highest BCUT2D eigenvalue weighted by Crippen LogP contribution is 2.51. The second-order valence-corrected chi connectivity index (χ2v) is 7.01. The van der Waals surface area contributed by atoms with Crippen molar-refractivity contribution in [3.63, 3.8) is 0 Å². The molecule has 20 heavy (non-hydrogen) atoms. The second kappa shape index (κ2) is 5.16. The third-order valence-corrected chi connectivity index (χ3v) is 5.96. The standard InChI is InChI=1S/C18H27NO/c1-2-14-6-5-9-18(20,10-14)17(13-19)11-15-7-3-4-8-16(15)12-17/h3-4,7-8,14,20H,2,5-6,9-13,19H2,1H3. The van der Waals surface area contributed by atoms with Gasteiger partial charge in [-0.25, -0.2) is 0 Å². The van der Waals surface area contributed by atoms with Crippen LogP contribution in [0.4, 0.5) is 0 Å². The van der Waals surface area contributed by atoms with Gasteiger partial charge in [0.25, 0.3) is 0 Å². The van der Waals surface area contributed by atoms with E-state index in [1.54, 1.807) is 0 Å². The van der Waals surface area contributed by atoms with Gasteiger partial charge in [-0.05, 0) is 42.7 Å². The number of fused-ring (bicyclic) bond motifs is 1. The van der Waals surface area contributed by atoms with Crippen molar-refractivity contribution in [1.29, 1.82) is 0 Å². The first-order chi connectivity index (χ1) is 9.62. The second-order valence-electron chi connectivity index (χ2n) is 7.01. The molecular weight excluding hydrogens is 246 g/mol. The quantitative estimate of drug-likeness (QED) is 0.889. The van der Waals surface area contributed by atoms with Crippen LogP contribution in [0, 0.1) is 11.3 Å². The number of rotatable bonds is 3. The summed E-state index contributed by atoms with van der Waals surface area (Å²) in [6.45, 7) is 2.84. The summed E-state index contributed by atoms with van der Waals surface area (Å²) in [5.74, 6) is 0.667. The molecule has 1 fully saturated rings. The van der Waals surface area contributed by atoms with Gasteiger partial charge in [-0.2, -0.15) is 0 Å². The lowest BCUT2D eigenvalue weighted by atomic mass is 9.61. The van der Waals surface area contributed by atoms with Crippen molar-refractivity contribution >= 4 is 0 Å². The van der Waals surface area contributed by atoms with Crippen LogP contribution in [0.1, 0.15) is 50.2 Å². The average molecular weight is 273 g/mol. The van der Waals surface area contributed by atoms with E-state index >= 15 is 0 Å². The average Bonchev–Trinajstić information content (AvgIpc) is 2.87. The Morgan fingerprint density at radius 1 is 1.25 bits per heavy atom. The molecule has 0 aliphatic heterocycles. The van der Waals surface area contributed by atoms with Gasteiger partial charge in [0.15, 0.2) is 0 Å². The maximum atomic E-state index is 11.4. The van der Waals surface area contributed by atoms with E-state index in [2.05, 4.69) is 31.2 Å². The highest BCUT2D eigenvalue weighted by atomic mass is 16.3. The number of hydrogen-bond donors (Lipinski definition) is 2. The Balaban J connectivity index is 1.91. The Hall–Kier alpha value is -0.860. The van der Waals surface area contributed by atoms with E-state index in [1.165, 1.54) is 24.0 Å². The molecule has 2 aliphatic rings. The number of aliphatic hydroxyl groups is 1. The van der Waals surface area contributed by atoms with Gasteiger partial charge in [-0.3, -0.25) is 0 Å². The lowest BCUT2D eigenvalue weighted by Crippen LogP contribution is -2.55. The van der Waals surface area contributed by atoms with Crippen LogP contribution in [-0.2, 0) is 12.8 Å². The molecule has 1 aromatic carbocycles. The summed E-state index contributed by atoms with van der Waals surface area (Å²) < 4.78 is 0. The molecule has 1 aromatic rings. The summed E-state index contributed by atoms with van der Waals surface area (Å²) in [6, 6.07) is 8.61. The SMILES string of the molecule is CCC1CCCC(O)(C2(CN)Cc3ccccc3C2)C1. The lowest BCUT2D eigenvalue weighted by molar-refractivity contribution is -0.114. The van der Waals surface area contributed by atoms with E-state index in [4.69, 9.17) is 5.73 Å². The predicted molar refractivity (Wildman–Crippen MR) is 82.5 cm³/mol. The zero-order chi connectivity index (χ0) is 14.2. The van der Waals surface area contributed by atoms with Crippen LogP contribution in [-0.4, -0.2) is 17.3 Å². The monoisotopic (exact) mass is 273 g/mol. The van der Waals surface area contributed by atoms with Crippen LogP contribution in [0.25, 0.3) is 0 Å². The van der Waals surface area contributed by atoms with Crippen LogP contribution < -0.4 is 5.73 Å². The fourth-order valence-corrected chi connectivity index (χ4v) is 4.55. The lowest BCUT2D eigenvalue weighted by Gasteiger charge is -2.49. The molecule has 0 amide bonds. The summed E-state index contributed by atoms with van der Waals surface area (Å²) in [5, 5.41) is 11.4. The van der Waals surface area contributed by atoms with Gasteiger partial charge < -0.3 is 10.8 Å². The molecular formula is C18H27NO. The summed E-state index contributed by atoms with van der Waals surface area (Å²) in [5.41, 5.74) is 8.27. The van der Waals surface area contributed by atoms with Crippen LogP contribution in [0.3, 0.4) is 0 Å². The van der Waals surface area contributed by atoms with E-state index in [0.29, 0.717) is 12.5 Å². The first-order valence-electron chi connectivity index (χ1n) is 8.12. The minimum Gasteiger partial charge on any atom is -0.389 e. The Labute approximate surface area is 122 Å². The third-order valence-electron chi connectivity index (χ3n) is 5.96. The van der Waals surface area contributed by atoms with Crippen molar-refractivity contribution in [3.8, 4) is 0 Å². The Bertz CT molecular complexity index is 459. The molecule has 0 spiro atoms. The maximum absolute atomic E-state index is 11.4. The molecule has 3 rings (SSSR count). The highest BCUT2D eigenvalue weighted by Gasteiger charge is 2.53. The van der Waals surface area contributed by atoms with Crippen LogP contribution >= 0.6 is 0 Å². The molecule has 0 aromatic heterocycles. The Morgan fingerprint density at radius 2 is 1.90 bits per heavy atom. The van der Waals surface area contributed by atoms with Gasteiger partial charge >= 0.3 is 0 Å². The topological polar surface area (TPSA) is 46.2 Å². The largest absolute Gasteiger partial charge is 0.389 e. The molecule has 1 saturated carbocycles. The molecule has 2 atom stereocenters. The highest BCUT2D eigenvalue weighted by molar-refractivity contribution is 5.36. The summed E-state index contributed by atoms with van der Waals surface area (Å²) >= 11 is 0. The molecule has 0 bridgehead atoms. The zero-order valence-electron chi connectivity index (χ0n) is 12.6. The van der Waals surface area contributed by atoms with Gasteiger partial charge in [0.2, 0.25) is 0 Å².